The monoisotopic (exact) mass is 601 g/mol. The van der Waals surface area contributed by atoms with Crippen molar-refractivity contribution in [1.82, 2.24) is 4.31 Å². The number of sulfone groups is 1. The second kappa shape index (κ2) is 11.2. The lowest BCUT2D eigenvalue weighted by Crippen LogP contribution is -2.42. The number of sulfonamides is 1. The quantitative estimate of drug-likeness (QED) is 0.387. The fourth-order valence-corrected chi connectivity index (χ4v) is 6.50. The molecule has 0 spiro atoms. The molecule has 1 amide bonds. The number of hydrogen-bond acceptors (Lipinski definition) is 6. The summed E-state index contributed by atoms with van der Waals surface area (Å²) < 4.78 is 89.8. The molecule has 3 aromatic carbocycles. The number of benzene rings is 3. The van der Waals surface area contributed by atoms with Crippen LogP contribution in [0.25, 0.3) is 0 Å². The Morgan fingerprint density at radius 3 is 2.03 bits per heavy atom. The highest BCUT2D eigenvalue weighted by Gasteiger charge is 2.47. The smallest absolute Gasteiger partial charge is 0.382 e. The van der Waals surface area contributed by atoms with Gasteiger partial charge in [0.2, 0.25) is 10.0 Å². The Balaban J connectivity index is 1.40. The molecule has 14 heteroatoms. The van der Waals surface area contributed by atoms with E-state index in [1.54, 1.807) is 30.3 Å². The van der Waals surface area contributed by atoms with Crippen LogP contribution in [-0.2, 0) is 19.9 Å². The molecule has 1 aliphatic heterocycles. The topological polar surface area (TPSA) is 113 Å². The molecule has 1 fully saturated rings. The van der Waals surface area contributed by atoms with Crippen LogP contribution in [0.2, 0.25) is 5.02 Å². The zero-order chi connectivity index (χ0) is 28.4. The van der Waals surface area contributed by atoms with E-state index in [0.29, 0.717) is 29.1 Å². The van der Waals surface area contributed by atoms with Crippen molar-refractivity contribution in [2.24, 2.45) is 0 Å². The first kappa shape index (κ1) is 28.9. The molecular weight excluding hydrogens is 579 g/mol. The average Bonchev–Trinajstić information content (AvgIpc) is 2.89. The van der Waals surface area contributed by atoms with E-state index in [1.807, 2.05) is 0 Å². The maximum absolute atomic E-state index is 13.3. The van der Waals surface area contributed by atoms with E-state index in [1.165, 1.54) is 34.6 Å². The predicted octanol–water partition coefficient (Wildman–Crippen LogP) is 5.15. The Labute approximate surface area is 228 Å². The molecule has 1 heterocycles. The Morgan fingerprint density at radius 1 is 0.846 bits per heavy atom. The second-order valence-corrected chi connectivity index (χ2v) is 13.1. The fourth-order valence-electron chi connectivity index (χ4n) is 4.05. The zero-order valence-electron chi connectivity index (χ0n) is 20.2. The van der Waals surface area contributed by atoms with Crippen molar-refractivity contribution in [2.75, 3.05) is 23.7 Å². The molecule has 0 unspecified atom stereocenters. The molecule has 1 aliphatic rings. The highest BCUT2D eigenvalue weighted by Crippen LogP contribution is 2.32. The van der Waals surface area contributed by atoms with Crippen molar-refractivity contribution in [1.29, 1.82) is 0 Å². The van der Waals surface area contributed by atoms with Gasteiger partial charge in [0.05, 0.1) is 9.79 Å². The van der Waals surface area contributed by atoms with E-state index in [0.717, 1.165) is 12.1 Å². The zero-order valence-corrected chi connectivity index (χ0v) is 22.5. The molecule has 0 bridgehead atoms. The molecule has 0 aliphatic carbocycles. The summed E-state index contributed by atoms with van der Waals surface area (Å²) in [7, 11) is -9.38. The van der Waals surface area contributed by atoms with E-state index in [-0.39, 0.29) is 29.7 Å². The number of alkyl halides is 3. The minimum atomic E-state index is -5.49. The molecule has 0 saturated carbocycles. The molecule has 8 nitrogen and oxygen atoms in total. The van der Waals surface area contributed by atoms with Crippen LogP contribution in [0.3, 0.4) is 0 Å². The minimum absolute atomic E-state index is 0.00660. The summed E-state index contributed by atoms with van der Waals surface area (Å²) in [6, 6.07) is 16.2. The van der Waals surface area contributed by atoms with Crippen LogP contribution in [0.15, 0.2) is 82.6 Å². The summed E-state index contributed by atoms with van der Waals surface area (Å²) in [5, 5.41) is 6.13. The van der Waals surface area contributed by atoms with Crippen molar-refractivity contribution in [2.45, 2.75) is 34.2 Å². The summed E-state index contributed by atoms with van der Waals surface area (Å²) in [6.07, 6.45) is 0.672. The van der Waals surface area contributed by atoms with Crippen LogP contribution in [-0.4, -0.2) is 51.7 Å². The summed E-state index contributed by atoms with van der Waals surface area (Å²) >= 11 is 5.84. The van der Waals surface area contributed by atoms with E-state index >= 15 is 0 Å². The third-order valence-corrected chi connectivity index (χ3v) is 9.74. The van der Waals surface area contributed by atoms with Crippen LogP contribution in [0, 0.1) is 0 Å². The van der Waals surface area contributed by atoms with Gasteiger partial charge in [0.25, 0.3) is 15.7 Å². The number of amides is 1. The Bertz CT molecular complexity index is 1570. The summed E-state index contributed by atoms with van der Waals surface area (Å²) in [4.78, 5) is 11.6. The van der Waals surface area contributed by atoms with Gasteiger partial charge in [-0.05, 0) is 73.5 Å². The highest BCUT2D eigenvalue weighted by molar-refractivity contribution is 7.92. The van der Waals surface area contributed by atoms with E-state index < -0.39 is 36.2 Å². The normalized spacial score (nSPS) is 15.6. The van der Waals surface area contributed by atoms with Gasteiger partial charge in [0.15, 0.2) is 0 Å². The number of nitrogens with one attached hydrogen (secondary N) is 2. The number of rotatable bonds is 7. The molecule has 208 valence electrons. The first-order valence-electron chi connectivity index (χ1n) is 11.6. The van der Waals surface area contributed by atoms with Gasteiger partial charge < -0.3 is 10.6 Å². The van der Waals surface area contributed by atoms with E-state index in [2.05, 4.69) is 10.6 Å². The standard InChI is InChI=1S/C25H23ClF3N3O5S2/c26-18-9-7-17(8-10-18)24(33)31-21-4-2-6-23(16-21)39(36,37)32-13-11-19(12-14-32)30-20-3-1-5-22(15-20)38(34,35)25(27,28)29/h1-10,15-16,19,30H,11-14H2,(H,31,33). The number of halogens is 4. The number of hydrogen-bond donors (Lipinski definition) is 2. The van der Waals surface area contributed by atoms with Crippen molar-refractivity contribution in [3.05, 3.63) is 83.4 Å². The third kappa shape index (κ3) is 6.55. The van der Waals surface area contributed by atoms with Gasteiger partial charge in [-0.15, -0.1) is 0 Å². The molecule has 3 aromatic rings. The van der Waals surface area contributed by atoms with Gasteiger partial charge in [0.1, 0.15) is 0 Å². The molecule has 39 heavy (non-hydrogen) atoms. The number of anilines is 2. The number of carbonyl (C=O) groups excluding carboxylic acids is 1. The van der Waals surface area contributed by atoms with Gasteiger partial charge in [0, 0.05) is 41.1 Å². The number of piperidine rings is 1. The highest BCUT2D eigenvalue weighted by atomic mass is 35.5. The van der Waals surface area contributed by atoms with E-state index in [9.17, 15) is 34.8 Å². The number of carbonyl (C=O) groups is 1. The summed E-state index contributed by atoms with van der Waals surface area (Å²) in [5.41, 5.74) is -4.59. The largest absolute Gasteiger partial charge is 0.501 e. The molecule has 1 saturated heterocycles. The van der Waals surface area contributed by atoms with Gasteiger partial charge >= 0.3 is 5.51 Å². The van der Waals surface area contributed by atoms with Crippen LogP contribution >= 0.6 is 11.6 Å². The van der Waals surface area contributed by atoms with Gasteiger partial charge in [-0.2, -0.15) is 17.5 Å². The molecule has 0 atom stereocenters. The first-order chi connectivity index (χ1) is 18.3. The summed E-state index contributed by atoms with van der Waals surface area (Å²) in [5.74, 6) is -0.430. The molecule has 4 rings (SSSR count). The van der Waals surface area contributed by atoms with Crippen LogP contribution in [0.1, 0.15) is 23.2 Å². The van der Waals surface area contributed by atoms with Crippen molar-refractivity contribution in [3.8, 4) is 0 Å². The third-order valence-electron chi connectivity index (χ3n) is 6.11. The molecule has 0 aromatic heterocycles. The Morgan fingerprint density at radius 2 is 1.41 bits per heavy atom. The predicted molar refractivity (Wildman–Crippen MR) is 141 cm³/mol. The molecule has 0 radical (unpaired) electrons. The van der Waals surface area contributed by atoms with Gasteiger partial charge in [-0.25, -0.2) is 16.8 Å². The lowest BCUT2D eigenvalue weighted by atomic mass is 10.1. The van der Waals surface area contributed by atoms with Crippen LogP contribution in [0.4, 0.5) is 24.5 Å². The Kier molecular flexibility index (Phi) is 8.26. The van der Waals surface area contributed by atoms with Crippen molar-refractivity contribution in [3.63, 3.8) is 0 Å². The van der Waals surface area contributed by atoms with E-state index in [4.69, 9.17) is 11.6 Å². The molecular formula is C25H23ClF3N3O5S2. The van der Waals surface area contributed by atoms with Crippen LogP contribution < -0.4 is 10.6 Å². The fraction of sp³-hybridized carbons (Fsp3) is 0.240. The first-order valence-corrected chi connectivity index (χ1v) is 14.9. The van der Waals surface area contributed by atoms with Gasteiger partial charge in [-0.3, -0.25) is 4.79 Å². The second-order valence-electron chi connectivity index (χ2n) is 8.79. The van der Waals surface area contributed by atoms with Crippen molar-refractivity contribution >= 4 is 48.7 Å². The number of nitrogens with zero attached hydrogens (tertiary/aromatic N) is 1. The lowest BCUT2D eigenvalue weighted by Gasteiger charge is -2.32. The van der Waals surface area contributed by atoms with Crippen LogP contribution in [0.5, 0.6) is 0 Å². The van der Waals surface area contributed by atoms with Crippen molar-refractivity contribution < 1.29 is 34.8 Å². The SMILES string of the molecule is O=C(Nc1cccc(S(=O)(=O)N2CCC(Nc3cccc(S(=O)(=O)C(F)(F)F)c3)CC2)c1)c1ccc(Cl)cc1. The average molecular weight is 602 g/mol. The maximum Gasteiger partial charge on any atom is 0.501 e. The lowest BCUT2D eigenvalue weighted by molar-refractivity contribution is -0.0436. The minimum Gasteiger partial charge on any atom is -0.382 e. The Hall–Kier alpha value is -3.13. The maximum atomic E-state index is 13.3. The molecule has 2 N–H and O–H groups in total. The van der Waals surface area contributed by atoms with Gasteiger partial charge in [-0.1, -0.05) is 23.7 Å². The summed E-state index contributed by atoms with van der Waals surface area (Å²) in [6.45, 7) is 0.254.